The van der Waals surface area contributed by atoms with Gasteiger partial charge in [-0.1, -0.05) is 28.1 Å². The molecule has 1 aromatic heterocycles. The lowest BCUT2D eigenvalue weighted by Gasteiger charge is -2.06. The first kappa shape index (κ1) is 17.6. The minimum absolute atomic E-state index is 0.247. The van der Waals surface area contributed by atoms with Gasteiger partial charge in [0.2, 0.25) is 5.95 Å². The van der Waals surface area contributed by atoms with E-state index < -0.39 is 0 Å². The largest absolute Gasteiger partial charge is 0.497 e. The summed E-state index contributed by atoms with van der Waals surface area (Å²) in [5, 5.41) is 6.97. The second-order valence-corrected chi connectivity index (χ2v) is 6.96. The predicted octanol–water partition coefficient (Wildman–Crippen LogP) is 4.11. The van der Waals surface area contributed by atoms with Crippen LogP contribution in [0.2, 0.25) is 0 Å². The van der Waals surface area contributed by atoms with Crippen LogP contribution in [0.25, 0.3) is 0 Å². The summed E-state index contributed by atoms with van der Waals surface area (Å²) in [7, 11) is 1.55. The molecule has 1 N–H and O–H groups in total. The molecule has 6 nitrogen and oxygen atoms in total. The van der Waals surface area contributed by atoms with Crippen molar-refractivity contribution >= 4 is 43.7 Å². The molecule has 0 aliphatic heterocycles. The Morgan fingerprint density at radius 3 is 2.68 bits per heavy atom. The van der Waals surface area contributed by atoms with Crippen LogP contribution in [-0.2, 0) is 6.54 Å². The number of nitrogens with one attached hydrogen (secondary N) is 1. The third-order valence-corrected chi connectivity index (χ3v) is 4.66. The molecule has 0 atom stereocenters. The van der Waals surface area contributed by atoms with E-state index in [1.807, 2.05) is 24.3 Å². The fraction of sp³-hybridized carbons (Fsp3) is 0.118. The number of nitrogens with zero attached hydrogens (tertiary/aromatic N) is 3. The van der Waals surface area contributed by atoms with Crippen LogP contribution in [0.15, 0.2) is 57.7 Å². The van der Waals surface area contributed by atoms with E-state index in [1.165, 1.54) is 0 Å². The number of carbonyl (C=O) groups excluding carboxylic acids is 1. The Morgan fingerprint density at radius 1 is 1.20 bits per heavy atom. The maximum absolute atomic E-state index is 12.4. The smallest absolute Gasteiger partial charge is 0.259 e. The van der Waals surface area contributed by atoms with Gasteiger partial charge >= 0.3 is 0 Å². The van der Waals surface area contributed by atoms with Gasteiger partial charge in [0.25, 0.3) is 5.91 Å². The normalized spacial score (nSPS) is 10.5. The number of benzene rings is 2. The Labute approximate surface area is 161 Å². The molecule has 0 radical (unpaired) electrons. The van der Waals surface area contributed by atoms with E-state index in [0.717, 1.165) is 10.0 Å². The number of rotatable bonds is 5. The monoisotopic (exact) mass is 464 g/mol. The maximum atomic E-state index is 12.4. The van der Waals surface area contributed by atoms with Gasteiger partial charge in [-0.2, -0.15) is 0 Å². The van der Waals surface area contributed by atoms with Crippen molar-refractivity contribution < 1.29 is 9.53 Å². The van der Waals surface area contributed by atoms with Gasteiger partial charge in [0.15, 0.2) is 0 Å². The molecule has 2 aromatic carbocycles. The fourth-order valence-corrected chi connectivity index (χ4v) is 2.87. The van der Waals surface area contributed by atoms with E-state index in [1.54, 1.807) is 36.3 Å². The van der Waals surface area contributed by atoms with Crippen molar-refractivity contribution in [2.75, 3.05) is 12.4 Å². The molecule has 1 amide bonds. The van der Waals surface area contributed by atoms with E-state index in [-0.39, 0.29) is 11.9 Å². The van der Waals surface area contributed by atoms with Crippen LogP contribution in [0.3, 0.4) is 0 Å². The lowest BCUT2D eigenvalue weighted by molar-refractivity contribution is 0.102. The van der Waals surface area contributed by atoms with Gasteiger partial charge in [-0.15, -0.1) is 5.10 Å². The SMILES string of the molecule is COc1ccc(Br)c(C(=O)Nc2ncn(Cc3ccc(Br)cc3)n2)c1. The van der Waals surface area contributed by atoms with E-state index >= 15 is 0 Å². The molecule has 0 unspecified atom stereocenters. The number of amides is 1. The maximum Gasteiger partial charge on any atom is 0.259 e. The molecular weight excluding hydrogens is 452 g/mol. The molecule has 3 aromatic rings. The van der Waals surface area contributed by atoms with E-state index in [0.29, 0.717) is 22.3 Å². The number of aromatic nitrogens is 3. The third-order valence-electron chi connectivity index (χ3n) is 3.44. The van der Waals surface area contributed by atoms with Crippen LogP contribution in [0.1, 0.15) is 15.9 Å². The molecule has 25 heavy (non-hydrogen) atoms. The summed E-state index contributed by atoms with van der Waals surface area (Å²) in [4.78, 5) is 16.5. The number of hydrogen-bond acceptors (Lipinski definition) is 4. The fourth-order valence-electron chi connectivity index (χ4n) is 2.18. The average Bonchev–Trinajstić information content (AvgIpc) is 3.04. The minimum Gasteiger partial charge on any atom is -0.497 e. The molecule has 1 heterocycles. The van der Waals surface area contributed by atoms with Crippen molar-refractivity contribution in [3.05, 3.63) is 68.9 Å². The van der Waals surface area contributed by atoms with Gasteiger partial charge < -0.3 is 4.74 Å². The molecule has 0 saturated heterocycles. The highest BCUT2D eigenvalue weighted by atomic mass is 79.9. The molecule has 8 heteroatoms. The topological polar surface area (TPSA) is 69.0 Å². The molecule has 0 saturated carbocycles. The average molecular weight is 466 g/mol. The summed E-state index contributed by atoms with van der Waals surface area (Å²) in [5.74, 6) is 0.533. The lowest BCUT2D eigenvalue weighted by atomic mass is 10.2. The van der Waals surface area contributed by atoms with Crippen molar-refractivity contribution in [1.82, 2.24) is 14.8 Å². The Hall–Kier alpha value is -2.19. The van der Waals surface area contributed by atoms with Gasteiger partial charge in [0.05, 0.1) is 19.2 Å². The van der Waals surface area contributed by atoms with Gasteiger partial charge in [-0.25, -0.2) is 9.67 Å². The van der Waals surface area contributed by atoms with Crippen molar-refractivity contribution in [3.8, 4) is 5.75 Å². The molecule has 128 valence electrons. The Bertz CT molecular complexity index is 894. The van der Waals surface area contributed by atoms with Crippen molar-refractivity contribution in [3.63, 3.8) is 0 Å². The van der Waals surface area contributed by atoms with Crippen LogP contribution >= 0.6 is 31.9 Å². The summed E-state index contributed by atoms with van der Waals surface area (Å²) in [6.07, 6.45) is 1.58. The molecule has 0 aliphatic rings. The third kappa shape index (κ3) is 4.46. The number of halogens is 2. The first-order chi connectivity index (χ1) is 12.0. The van der Waals surface area contributed by atoms with Gasteiger partial charge in [-0.3, -0.25) is 10.1 Å². The molecule has 3 rings (SSSR count). The van der Waals surface area contributed by atoms with Gasteiger partial charge in [-0.05, 0) is 51.8 Å². The molecule has 0 bridgehead atoms. The highest BCUT2D eigenvalue weighted by Gasteiger charge is 2.13. The predicted molar refractivity (Wildman–Crippen MR) is 102 cm³/mol. The van der Waals surface area contributed by atoms with Gasteiger partial charge in [0, 0.05) is 8.95 Å². The van der Waals surface area contributed by atoms with Crippen LogP contribution in [0.5, 0.6) is 5.75 Å². The molecule has 0 fully saturated rings. The highest BCUT2D eigenvalue weighted by Crippen LogP contribution is 2.23. The van der Waals surface area contributed by atoms with Crippen LogP contribution in [-0.4, -0.2) is 27.8 Å². The van der Waals surface area contributed by atoms with Crippen LogP contribution in [0, 0.1) is 0 Å². The van der Waals surface area contributed by atoms with E-state index in [4.69, 9.17) is 4.74 Å². The van der Waals surface area contributed by atoms with Crippen LogP contribution < -0.4 is 10.1 Å². The van der Waals surface area contributed by atoms with Crippen LogP contribution in [0.4, 0.5) is 5.95 Å². The summed E-state index contributed by atoms with van der Waals surface area (Å²) in [6, 6.07) is 13.1. The summed E-state index contributed by atoms with van der Waals surface area (Å²) in [5.41, 5.74) is 1.53. The Morgan fingerprint density at radius 2 is 1.96 bits per heavy atom. The number of methoxy groups -OCH3 is 1. The first-order valence-electron chi connectivity index (χ1n) is 7.34. The first-order valence-corrected chi connectivity index (χ1v) is 8.92. The zero-order chi connectivity index (χ0) is 17.8. The van der Waals surface area contributed by atoms with E-state index in [2.05, 4.69) is 47.3 Å². The second-order valence-electron chi connectivity index (χ2n) is 5.19. The Balaban J connectivity index is 1.70. The zero-order valence-corrected chi connectivity index (χ0v) is 16.4. The van der Waals surface area contributed by atoms with E-state index in [9.17, 15) is 4.79 Å². The molecular formula is C17H14Br2N4O2. The number of anilines is 1. The van der Waals surface area contributed by atoms with Gasteiger partial charge in [0.1, 0.15) is 12.1 Å². The lowest BCUT2D eigenvalue weighted by Crippen LogP contribution is -2.14. The minimum atomic E-state index is -0.313. The van der Waals surface area contributed by atoms with Crippen molar-refractivity contribution in [2.24, 2.45) is 0 Å². The zero-order valence-electron chi connectivity index (χ0n) is 13.2. The summed E-state index contributed by atoms with van der Waals surface area (Å²) < 4.78 is 8.50. The summed E-state index contributed by atoms with van der Waals surface area (Å²) >= 11 is 6.77. The Kier molecular flexibility index (Phi) is 5.50. The highest BCUT2D eigenvalue weighted by molar-refractivity contribution is 9.10. The van der Waals surface area contributed by atoms with Crippen molar-refractivity contribution in [2.45, 2.75) is 6.54 Å². The standard InChI is InChI=1S/C17H14Br2N4O2/c1-25-13-6-7-15(19)14(8-13)16(24)21-17-20-10-23(22-17)9-11-2-4-12(18)5-3-11/h2-8,10H,9H2,1H3,(H,21,22,24). The number of carbonyl (C=O) groups is 1. The quantitative estimate of drug-likeness (QED) is 0.615. The molecule has 0 aliphatic carbocycles. The number of hydrogen-bond donors (Lipinski definition) is 1. The molecule has 0 spiro atoms. The summed E-state index contributed by atoms with van der Waals surface area (Å²) in [6.45, 7) is 0.568. The second kappa shape index (κ2) is 7.79. The number of ether oxygens (including phenoxy) is 1. The van der Waals surface area contributed by atoms with Crippen molar-refractivity contribution in [1.29, 1.82) is 0 Å².